The molecule has 0 aromatic carbocycles. The highest BCUT2D eigenvalue weighted by atomic mass is 35.5. The SMILES string of the molecule is Cc1cc(O[C@@H]2CCCN(C)C2)nnc1Cl. The molecule has 88 valence electrons. The van der Waals surface area contributed by atoms with Crippen LogP contribution in [0.5, 0.6) is 5.88 Å². The van der Waals surface area contributed by atoms with Crippen LogP contribution in [0.25, 0.3) is 0 Å². The van der Waals surface area contributed by atoms with Crippen LogP contribution in [0.3, 0.4) is 0 Å². The minimum Gasteiger partial charge on any atom is -0.472 e. The molecular formula is C11H16ClN3O. The lowest BCUT2D eigenvalue weighted by Crippen LogP contribution is -2.38. The summed E-state index contributed by atoms with van der Waals surface area (Å²) in [7, 11) is 2.11. The highest BCUT2D eigenvalue weighted by molar-refractivity contribution is 6.30. The average Bonchev–Trinajstić information content (AvgIpc) is 2.24. The lowest BCUT2D eigenvalue weighted by atomic mass is 10.1. The number of halogens is 1. The zero-order chi connectivity index (χ0) is 11.5. The molecule has 0 N–H and O–H groups in total. The number of piperidine rings is 1. The van der Waals surface area contributed by atoms with E-state index in [-0.39, 0.29) is 6.10 Å². The summed E-state index contributed by atoms with van der Waals surface area (Å²) in [5.74, 6) is 0.571. The molecule has 1 fully saturated rings. The molecule has 2 heterocycles. The van der Waals surface area contributed by atoms with Gasteiger partial charge in [0.05, 0.1) is 0 Å². The first-order valence-corrected chi connectivity index (χ1v) is 5.88. The van der Waals surface area contributed by atoms with E-state index in [9.17, 15) is 0 Å². The van der Waals surface area contributed by atoms with Gasteiger partial charge in [-0.2, -0.15) is 0 Å². The first-order chi connectivity index (χ1) is 7.65. The van der Waals surface area contributed by atoms with Crippen LogP contribution in [-0.4, -0.2) is 41.3 Å². The number of hydrogen-bond donors (Lipinski definition) is 0. The monoisotopic (exact) mass is 241 g/mol. The molecule has 0 amide bonds. The van der Waals surface area contributed by atoms with Gasteiger partial charge in [-0.05, 0) is 38.9 Å². The molecule has 4 nitrogen and oxygen atoms in total. The van der Waals surface area contributed by atoms with E-state index in [2.05, 4.69) is 22.1 Å². The average molecular weight is 242 g/mol. The normalized spacial score (nSPS) is 22.1. The van der Waals surface area contributed by atoms with Crippen LogP contribution in [0.2, 0.25) is 5.15 Å². The van der Waals surface area contributed by atoms with Gasteiger partial charge in [-0.25, -0.2) is 0 Å². The molecule has 1 aliphatic rings. The molecule has 0 saturated carbocycles. The van der Waals surface area contributed by atoms with E-state index in [4.69, 9.17) is 16.3 Å². The van der Waals surface area contributed by atoms with Crippen molar-refractivity contribution in [2.45, 2.75) is 25.9 Å². The summed E-state index contributed by atoms with van der Waals surface area (Å²) < 4.78 is 5.79. The summed E-state index contributed by atoms with van der Waals surface area (Å²) >= 11 is 5.81. The summed E-state index contributed by atoms with van der Waals surface area (Å²) in [6.07, 6.45) is 2.46. The summed E-state index contributed by atoms with van der Waals surface area (Å²) in [4.78, 5) is 2.27. The van der Waals surface area contributed by atoms with Crippen molar-refractivity contribution in [3.63, 3.8) is 0 Å². The van der Waals surface area contributed by atoms with Gasteiger partial charge in [-0.3, -0.25) is 0 Å². The van der Waals surface area contributed by atoms with Crippen molar-refractivity contribution in [1.82, 2.24) is 15.1 Å². The lowest BCUT2D eigenvalue weighted by Gasteiger charge is -2.29. The fourth-order valence-corrected chi connectivity index (χ4v) is 1.98. The smallest absolute Gasteiger partial charge is 0.234 e. The first-order valence-electron chi connectivity index (χ1n) is 5.50. The van der Waals surface area contributed by atoms with Crippen LogP contribution in [0, 0.1) is 6.92 Å². The van der Waals surface area contributed by atoms with E-state index in [0.717, 1.165) is 25.1 Å². The van der Waals surface area contributed by atoms with Crippen molar-refractivity contribution in [2.75, 3.05) is 20.1 Å². The molecule has 1 atom stereocenters. The van der Waals surface area contributed by atoms with Gasteiger partial charge < -0.3 is 9.64 Å². The molecule has 0 unspecified atom stereocenters. The molecule has 0 spiro atoms. The second-order valence-corrected chi connectivity index (χ2v) is 4.66. The van der Waals surface area contributed by atoms with Crippen LogP contribution < -0.4 is 4.74 Å². The van der Waals surface area contributed by atoms with Crippen molar-refractivity contribution < 1.29 is 4.74 Å². The number of likely N-dealkylation sites (N-methyl/N-ethyl adjacent to an activating group) is 1. The molecule has 0 radical (unpaired) electrons. The molecule has 0 bridgehead atoms. The number of likely N-dealkylation sites (tertiary alicyclic amines) is 1. The number of aromatic nitrogens is 2. The van der Waals surface area contributed by atoms with Crippen LogP contribution >= 0.6 is 11.6 Å². The van der Waals surface area contributed by atoms with Crippen molar-refractivity contribution in [1.29, 1.82) is 0 Å². The summed E-state index contributed by atoms with van der Waals surface area (Å²) in [6, 6.07) is 1.84. The predicted octanol–water partition coefficient (Wildman–Crippen LogP) is 1.91. The number of hydrogen-bond acceptors (Lipinski definition) is 4. The highest BCUT2D eigenvalue weighted by Crippen LogP contribution is 2.19. The molecular weight excluding hydrogens is 226 g/mol. The summed E-state index contributed by atoms with van der Waals surface area (Å²) in [5.41, 5.74) is 0.899. The third kappa shape index (κ3) is 2.83. The van der Waals surface area contributed by atoms with Gasteiger partial charge in [0.15, 0.2) is 5.15 Å². The first kappa shape index (κ1) is 11.6. The third-order valence-corrected chi connectivity index (χ3v) is 3.14. The van der Waals surface area contributed by atoms with Crippen LogP contribution in [0.4, 0.5) is 0 Å². The maximum atomic E-state index is 5.81. The van der Waals surface area contributed by atoms with Gasteiger partial charge in [0, 0.05) is 12.6 Å². The predicted molar refractivity (Wildman–Crippen MR) is 62.9 cm³/mol. The van der Waals surface area contributed by atoms with E-state index in [1.165, 1.54) is 6.42 Å². The van der Waals surface area contributed by atoms with Crippen LogP contribution in [0.1, 0.15) is 18.4 Å². The fourth-order valence-electron chi connectivity index (χ4n) is 1.89. The maximum absolute atomic E-state index is 5.81. The Morgan fingerprint density at radius 3 is 3.00 bits per heavy atom. The molecule has 1 saturated heterocycles. The van der Waals surface area contributed by atoms with Crippen molar-refractivity contribution in [3.8, 4) is 5.88 Å². The van der Waals surface area contributed by atoms with Gasteiger partial charge in [0.25, 0.3) is 0 Å². The Kier molecular flexibility index (Phi) is 3.61. The van der Waals surface area contributed by atoms with Crippen LogP contribution in [-0.2, 0) is 0 Å². The Morgan fingerprint density at radius 1 is 1.50 bits per heavy atom. The number of rotatable bonds is 2. The zero-order valence-electron chi connectivity index (χ0n) is 9.61. The van der Waals surface area contributed by atoms with E-state index in [1.54, 1.807) is 0 Å². The van der Waals surface area contributed by atoms with Crippen molar-refractivity contribution in [2.24, 2.45) is 0 Å². The van der Waals surface area contributed by atoms with Gasteiger partial charge >= 0.3 is 0 Å². The molecule has 1 aromatic rings. The summed E-state index contributed by atoms with van der Waals surface area (Å²) in [5, 5.41) is 8.21. The standard InChI is InChI=1S/C11H16ClN3O/c1-8-6-10(13-14-11(8)12)16-9-4-3-5-15(2)7-9/h6,9H,3-5,7H2,1-2H3/t9-/m1/s1. The van der Waals surface area contributed by atoms with E-state index in [0.29, 0.717) is 11.0 Å². The minimum atomic E-state index is 0.216. The van der Waals surface area contributed by atoms with Gasteiger partial charge in [0.1, 0.15) is 6.10 Å². The second kappa shape index (κ2) is 4.97. The topological polar surface area (TPSA) is 38.2 Å². The largest absolute Gasteiger partial charge is 0.472 e. The van der Waals surface area contributed by atoms with E-state index < -0.39 is 0 Å². The molecule has 0 aliphatic carbocycles. The number of ether oxygens (including phenoxy) is 1. The second-order valence-electron chi connectivity index (χ2n) is 4.30. The Bertz CT molecular complexity index is 372. The van der Waals surface area contributed by atoms with Gasteiger partial charge in [0.2, 0.25) is 5.88 Å². The minimum absolute atomic E-state index is 0.216. The highest BCUT2D eigenvalue weighted by Gasteiger charge is 2.19. The van der Waals surface area contributed by atoms with E-state index in [1.807, 2.05) is 13.0 Å². The Balaban J connectivity index is 2.00. The lowest BCUT2D eigenvalue weighted by molar-refractivity contribution is 0.0990. The molecule has 2 rings (SSSR count). The Labute approximate surface area is 101 Å². The summed E-state index contributed by atoms with van der Waals surface area (Å²) in [6.45, 7) is 3.99. The molecule has 1 aromatic heterocycles. The van der Waals surface area contributed by atoms with Gasteiger partial charge in [-0.15, -0.1) is 10.2 Å². The maximum Gasteiger partial charge on any atom is 0.234 e. The zero-order valence-corrected chi connectivity index (χ0v) is 10.4. The Morgan fingerprint density at radius 2 is 2.31 bits per heavy atom. The fraction of sp³-hybridized carbons (Fsp3) is 0.636. The Hall–Kier alpha value is -0.870. The molecule has 5 heteroatoms. The number of nitrogens with zero attached hydrogens (tertiary/aromatic N) is 3. The number of aryl methyl sites for hydroxylation is 1. The van der Waals surface area contributed by atoms with E-state index >= 15 is 0 Å². The molecule has 1 aliphatic heterocycles. The van der Waals surface area contributed by atoms with Crippen molar-refractivity contribution >= 4 is 11.6 Å². The quantitative estimate of drug-likeness (QED) is 0.793. The van der Waals surface area contributed by atoms with Crippen molar-refractivity contribution in [3.05, 3.63) is 16.8 Å². The molecule has 16 heavy (non-hydrogen) atoms. The third-order valence-electron chi connectivity index (χ3n) is 2.77. The van der Waals surface area contributed by atoms with Crippen LogP contribution in [0.15, 0.2) is 6.07 Å². The van der Waals surface area contributed by atoms with Gasteiger partial charge in [-0.1, -0.05) is 11.6 Å².